The minimum Gasteiger partial charge on any atom is -0.497 e. The molecule has 146 valence electrons. The molecule has 1 atom stereocenters. The number of hydrogen-bond donors (Lipinski definition) is 1. The van der Waals surface area contributed by atoms with Crippen molar-refractivity contribution < 1.29 is 14.3 Å². The Bertz CT molecular complexity index is 809. The van der Waals surface area contributed by atoms with Crippen LogP contribution in [-0.4, -0.2) is 58.5 Å². The normalized spacial score (nSPS) is 16.4. The molecular weight excluding hydrogens is 364 g/mol. The summed E-state index contributed by atoms with van der Waals surface area (Å²) in [5, 5.41) is 7.16. The van der Waals surface area contributed by atoms with E-state index in [1.165, 1.54) is 0 Å². The summed E-state index contributed by atoms with van der Waals surface area (Å²) >= 11 is 5.36. The van der Waals surface area contributed by atoms with Gasteiger partial charge in [0.1, 0.15) is 5.75 Å². The fourth-order valence-electron chi connectivity index (χ4n) is 3.29. The third-order valence-electron chi connectivity index (χ3n) is 4.84. The molecule has 1 aliphatic rings. The molecule has 27 heavy (non-hydrogen) atoms. The SMILES string of the molecule is CCN(CC1CCCO1)C(=O)CCn1c(-c2ccc(OC)cc2)n[nH]c1=S. The van der Waals surface area contributed by atoms with Crippen molar-refractivity contribution in [2.75, 3.05) is 26.8 Å². The Morgan fingerprint density at radius 1 is 1.44 bits per heavy atom. The van der Waals surface area contributed by atoms with Crippen LogP contribution >= 0.6 is 12.2 Å². The van der Waals surface area contributed by atoms with E-state index < -0.39 is 0 Å². The molecule has 1 unspecified atom stereocenters. The number of nitrogens with zero attached hydrogens (tertiary/aromatic N) is 3. The van der Waals surface area contributed by atoms with Crippen LogP contribution in [0.5, 0.6) is 5.75 Å². The zero-order valence-corrected chi connectivity index (χ0v) is 16.6. The van der Waals surface area contributed by atoms with Gasteiger partial charge in [0, 0.05) is 38.2 Å². The predicted molar refractivity (Wildman–Crippen MR) is 105 cm³/mol. The zero-order valence-electron chi connectivity index (χ0n) is 15.8. The molecule has 1 fully saturated rings. The first-order chi connectivity index (χ1) is 13.1. The van der Waals surface area contributed by atoms with Crippen molar-refractivity contribution in [3.05, 3.63) is 29.0 Å². The molecule has 3 rings (SSSR count). The van der Waals surface area contributed by atoms with Gasteiger partial charge in [-0.25, -0.2) is 0 Å². The van der Waals surface area contributed by atoms with E-state index >= 15 is 0 Å². The van der Waals surface area contributed by atoms with Crippen LogP contribution in [0.25, 0.3) is 11.4 Å². The Morgan fingerprint density at radius 3 is 2.85 bits per heavy atom. The van der Waals surface area contributed by atoms with Gasteiger partial charge < -0.3 is 14.4 Å². The fourth-order valence-corrected chi connectivity index (χ4v) is 3.52. The second kappa shape index (κ2) is 9.14. The van der Waals surface area contributed by atoms with Gasteiger partial charge in [-0.05, 0) is 56.2 Å². The van der Waals surface area contributed by atoms with E-state index in [1.54, 1.807) is 7.11 Å². The minimum absolute atomic E-state index is 0.108. The van der Waals surface area contributed by atoms with Crippen molar-refractivity contribution in [3.8, 4) is 17.1 Å². The molecule has 1 aromatic carbocycles. The number of nitrogens with one attached hydrogen (secondary N) is 1. The van der Waals surface area contributed by atoms with Gasteiger partial charge in [0.25, 0.3) is 0 Å². The standard InChI is InChI=1S/C19H26N4O3S/c1-3-22(13-16-5-4-12-26-16)17(24)10-11-23-18(20-21-19(23)27)14-6-8-15(25-2)9-7-14/h6-9,16H,3-5,10-13H2,1-2H3,(H,21,27). The molecule has 0 aliphatic carbocycles. The maximum atomic E-state index is 12.7. The molecule has 1 aliphatic heterocycles. The molecule has 0 spiro atoms. The third kappa shape index (κ3) is 4.75. The number of amides is 1. The van der Waals surface area contributed by atoms with Crippen LogP contribution in [0.1, 0.15) is 26.2 Å². The monoisotopic (exact) mass is 390 g/mol. The van der Waals surface area contributed by atoms with Crippen molar-refractivity contribution in [3.63, 3.8) is 0 Å². The van der Waals surface area contributed by atoms with Gasteiger partial charge in [0.05, 0.1) is 13.2 Å². The van der Waals surface area contributed by atoms with Crippen LogP contribution < -0.4 is 4.74 Å². The Labute approximate surface area is 164 Å². The first-order valence-corrected chi connectivity index (χ1v) is 9.72. The molecule has 8 heteroatoms. The molecule has 1 N–H and O–H groups in total. The molecule has 7 nitrogen and oxygen atoms in total. The summed E-state index contributed by atoms with van der Waals surface area (Å²) in [6.07, 6.45) is 2.64. The van der Waals surface area contributed by atoms with Crippen molar-refractivity contribution in [1.29, 1.82) is 0 Å². The van der Waals surface area contributed by atoms with Crippen LogP contribution in [0.15, 0.2) is 24.3 Å². The average Bonchev–Trinajstić information content (AvgIpc) is 3.34. The summed E-state index contributed by atoms with van der Waals surface area (Å²) in [4.78, 5) is 14.5. The Hall–Kier alpha value is -2.19. The Kier molecular flexibility index (Phi) is 6.63. The summed E-state index contributed by atoms with van der Waals surface area (Å²) in [5.74, 6) is 1.61. The minimum atomic E-state index is 0.108. The van der Waals surface area contributed by atoms with E-state index in [1.807, 2.05) is 40.7 Å². The van der Waals surface area contributed by atoms with E-state index in [2.05, 4.69) is 10.2 Å². The number of carbonyl (C=O) groups is 1. The first-order valence-electron chi connectivity index (χ1n) is 9.31. The van der Waals surface area contributed by atoms with E-state index in [9.17, 15) is 4.79 Å². The summed E-state index contributed by atoms with van der Waals surface area (Å²) < 4.78 is 13.2. The molecule has 1 amide bonds. The van der Waals surface area contributed by atoms with Gasteiger partial charge in [0.2, 0.25) is 5.91 Å². The van der Waals surface area contributed by atoms with Gasteiger partial charge >= 0.3 is 0 Å². The van der Waals surface area contributed by atoms with Gasteiger partial charge in [-0.2, -0.15) is 5.10 Å². The topological polar surface area (TPSA) is 72.4 Å². The lowest BCUT2D eigenvalue weighted by atomic mass is 10.2. The smallest absolute Gasteiger partial charge is 0.224 e. The molecule has 0 bridgehead atoms. The Morgan fingerprint density at radius 2 is 2.22 bits per heavy atom. The van der Waals surface area contributed by atoms with Crippen LogP contribution in [0.4, 0.5) is 0 Å². The van der Waals surface area contributed by atoms with Crippen LogP contribution in [0, 0.1) is 4.77 Å². The van der Waals surface area contributed by atoms with Crippen molar-refractivity contribution in [2.45, 2.75) is 38.8 Å². The second-order valence-electron chi connectivity index (χ2n) is 6.55. The number of ether oxygens (including phenoxy) is 2. The van der Waals surface area contributed by atoms with Crippen LogP contribution in [0.2, 0.25) is 0 Å². The third-order valence-corrected chi connectivity index (χ3v) is 5.15. The van der Waals surface area contributed by atoms with Gasteiger partial charge in [0.15, 0.2) is 10.6 Å². The van der Waals surface area contributed by atoms with Gasteiger partial charge in [-0.1, -0.05) is 0 Å². The summed E-state index contributed by atoms with van der Waals surface area (Å²) in [7, 11) is 1.63. The maximum absolute atomic E-state index is 12.7. The van der Waals surface area contributed by atoms with E-state index in [-0.39, 0.29) is 12.0 Å². The number of likely N-dealkylation sites (N-methyl/N-ethyl adjacent to an activating group) is 1. The number of methoxy groups -OCH3 is 1. The quantitative estimate of drug-likeness (QED) is 0.702. The number of hydrogen-bond acceptors (Lipinski definition) is 5. The number of benzene rings is 1. The number of carbonyl (C=O) groups excluding carboxylic acids is 1. The maximum Gasteiger partial charge on any atom is 0.224 e. The molecular formula is C19H26N4O3S. The summed E-state index contributed by atoms with van der Waals surface area (Å²) in [5.41, 5.74) is 0.919. The van der Waals surface area contributed by atoms with E-state index in [0.717, 1.165) is 36.6 Å². The number of rotatable bonds is 8. The highest BCUT2D eigenvalue weighted by Gasteiger charge is 2.21. The first kappa shape index (κ1) is 19.6. The largest absolute Gasteiger partial charge is 0.497 e. The fraction of sp³-hybridized carbons (Fsp3) is 0.526. The van der Waals surface area contributed by atoms with Crippen LogP contribution in [0.3, 0.4) is 0 Å². The van der Waals surface area contributed by atoms with Gasteiger partial charge in [-0.3, -0.25) is 14.5 Å². The summed E-state index contributed by atoms with van der Waals surface area (Å²) in [6.45, 7) is 4.63. The number of aromatic amines is 1. The van der Waals surface area contributed by atoms with E-state index in [4.69, 9.17) is 21.7 Å². The predicted octanol–water partition coefficient (Wildman–Crippen LogP) is 3.03. The molecule has 0 radical (unpaired) electrons. The lowest BCUT2D eigenvalue weighted by Gasteiger charge is -2.24. The summed E-state index contributed by atoms with van der Waals surface area (Å²) in [6, 6.07) is 7.61. The molecule has 1 aromatic heterocycles. The van der Waals surface area contributed by atoms with E-state index in [0.29, 0.717) is 30.8 Å². The molecule has 0 saturated carbocycles. The van der Waals surface area contributed by atoms with Crippen molar-refractivity contribution in [2.24, 2.45) is 0 Å². The highest BCUT2D eigenvalue weighted by Crippen LogP contribution is 2.21. The highest BCUT2D eigenvalue weighted by atomic mass is 32.1. The van der Waals surface area contributed by atoms with Gasteiger partial charge in [-0.15, -0.1) is 0 Å². The average molecular weight is 391 g/mol. The number of aromatic nitrogens is 3. The molecule has 2 aromatic rings. The van der Waals surface area contributed by atoms with Crippen LogP contribution in [-0.2, 0) is 16.1 Å². The lowest BCUT2D eigenvalue weighted by Crippen LogP contribution is -2.37. The zero-order chi connectivity index (χ0) is 19.2. The molecule has 1 saturated heterocycles. The van der Waals surface area contributed by atoms with Crippen molar-refractivity contribution >= 4 is 18.1 Å². The molecule has 2 heterocycles. The lowest BCUT2D eigenvalue weighted by molar-refractivity contribution is -0.132. The number of H-pyrrole nitrogens is 1. The van der Waals surface area contributed by atoms with Crippen molar-refractivity contribution in [1.82, 2.24) is 19.7 Å². The highest BCUT2D eigenvalue weighted by molar-refractivity contribution is 7.71. The Balaban J connectivity index is 1.67. The second-order valence-corrected chi connectivity index (χ2v) is 6.94.